The van der Waals surface area contributed by atoms with Gasteiger partial charge in [0, 0.05) is 50.3 Å². The number of aryl methyl sites for hydroxylation is 1. The first-order valence-corrected chi connectivity index (χ1v) is 11.8. The highest BCUT2D eigenvalue weighted by molar-refractivity contribution is 6.00. The van der Waals surface area contributed by atoms with Crippen molar-refractivity contribution in [2.24, 2.45) is 7.05 Å². The second-order valence-electron chi connectivity index (χ2n) is 8.99. The number of likely N-dealkylation sites (tertiary alicyclic amines) is 1. The molecule has 35 heavy (non-hydrogen) atoms. The first-order valence-electron chi connectivity index (χ1n) is 11.8. The molecule has 0 bridgehead atoms. The lowest BCUT2D eigenvalue weighted by Crippen LogP contribution is -2.52. The summed E-state index contributed by atoms with van der Waals surface area (Å²) < 4.78 is 19.6. The molecule has 0 atom stereocenters. The Kier molecular flexibility index (Phi) is 5.96. The van der Waals surface area contributed by atoms with Crippen molar-refractivity contribution in [3.63, 3.8) is 0 Å². The second-order valence-corrected chi connectivity index (χ2v) is 8.99. The van der Waals surface area contributed by atoms with E-state index < -0.39 is 5.60 Å². The Morgan fingerprint density at radius 1 is 1.26 bits per heavy atom. The van der Waals surface area contributed by atoms with Gasteiger partial charge < -0.3 is 19.1 Å². The fourth-order valence-electron chi connectivity index (χ4n) is 4.94. The number of rotatable bonds is 5. The SMILES string of the molecule is CCOc1cc(C(=O)N2CCC3(CC2)CC(=O)c2c[c]ccc2O3)cc(OC)c1-c1cnn(C)c1. The maximum Gasteiger partial charge on any atom is 0.254 e. The zero-order valence-electron chi connectivity index (χ0n) is 20.2. The largest absolute Gasteiger partial charge is 0.496 e. The van der Waals surface area contributed by atoms with Crippen LogP contribution >= 0.6 is 0 Å². The van der Waals surface area contributed by atoms with E-state index in [-0.39, 0.29) is 11.7 Å². The first-order chi connectivity index (χ1) is 16.9. The van der Waals surface area contributed by atoms with Crippen LogP contribution in [0, 0.1) is 6.07 Å². The molecule has 1 aromatic heterocycles. The number of hydrogen-bond donors (Lipinski definition) is 0. The third-order valence-electron chi connectivity index (χ3n) is 6.72. The summed E-state index contributed by atoms with van der Waals surface area (Å²) in [6.07, 6.45) is 5.13. The molecule has 0 N–H and O–H groups in total. The van der Waals surface area contributed by atoms with Crippen molar-refractivity contribution in [2.75, 3.05) is 26.8 Å². The third kappa shape index (κ3) is 4.24. The van der Waals surface area contributed by atoms with Gasteiger partial charge in [-0.05, 0) is 37.3 Å². The third-order valence-corrected chi connectivity index (χ3v) is 6.72. The van der Waals surface area contributed by atoms with Gasteiger partial charge >= 0.3 is 0 Å². The van der Waals surface area contributed by atoms with Crippen LogP contribution < -0.4 is 14.2 Å². The summed E-state index contributed by atoms with van der Waals surface area (Å²) in [5.41, 5.74) is 2.13. The quantitative estimate of drug-likeness (QED) is 0.557. The maximum atomic E-state index is 13.5. The minimum atomic E-state index is -0.569. The van der Waals surface area contributed by atoms with E-state index in [1.54, 1.807) is 48.3 Å². The van der Waals surface area contributed by atoms with Gasteiger partial charge in [0.15, 0.2) is 5.78 Å². The van der Waals surface area contributed by atoms with E-state index in [9.17, 15) is 9.59 Å². The van der Waals surface area contributed by atoms with E-state index >= 15 is 0 Å². The Bertz CT molecular complexity index is 1270. The molecular formula is C27H28N3O5. The smallest absolute Gasteiger partial charge is 0.254 e. The lowest BCUT2D eigenvalue weighted by atomic mass is 9.82. The minimum Gasteiger partial charge on any atom is -0.496 e. The highest BCUT2D eigenvalue weighted by Crippen LogP contribution is 2.42. The van der Waals surface area contributed by atoms with Crippen LogP contribution in [0.2, 0.25) is 0 Å². The molecule has 0 unspecified atom stereocenters. The Morgan fingerprint density at radius 3 is 2.71 bits per heavy atom. The molecule has 1 amide bonds. The summed E-state index contributed by atoms with van der Waals surface area (Å²) in [4.78, 5) is 28.0. The van der Waals surface area contributed by atoms with Crippen molar-refractivity contribution in [1.29, 1.82) is 0 Å². The van der Waals surface area contributed by atoms with Gasteiger partial charge in [-0.25, -0.2) is 0 Å². The maximum absolute atomic E-state index is 13.5. The monoisotopic (exact) mass is 474 g/mol. The Hall–Kier alpha value is -3.81. The first kappa shape index (κ1) is 23.0. The van der Waals surface area contributed by atoms with E-state index in [2.05, 4.69) is 11.2 Å². The molecular weight excluding hydrogens is 446 g/mol. The fourth-order valence-corrected chi connectivity index (χ4v) is 4.94. The Balaban J connectivity index is 1.38. The molecule has 0 aliphatic carbocycles. The van der Waals surface area contributed by atoms with Crippen molar-refractivity contribution >= 4 is 11.7 Å². The highest BCUT2D eigenvalue weighted by Gasteiger charge is 2.43. The number of amides is 1. The number of aromatic nitrogens is 2. The molecule has 1 radical (unpaired) electrons. The van der Waals surface area contributed by atoms with E-state index in [1.807, 2.05) is 25.1 Å². The summed E-state index contributed by atoms with van der Waals surface area (Å²) in [6, 6.07) is 11.7. The average Bonchev–Trinajstić information content (AvgIpc) is 3.29. The molecule has 5 rings (SSSR count). The van der Waals surface area contributed by atoms with Gasteiger partial charge in [0.05, 0.1) is 37.5 Å². The van der Waals surface area contributed by atoms with Crippen LogP contribution in [-0.2, 0) is 7.05 Å². The number of ketones is 1. The zero-order valence-corrected chi connectivity index (χ0v) is 20.2. The number of piperidine rings is 1. The summed E-state index contributed by atoms with van der Waals surface area (Å²) >= 11 is 0. The number of nitrogens with zero attached hydrogens (tertiary/aromatic N) is 3. The highest BCUT2D eigenvalue weighted by atomic mass is 16.5. The number of ether oxygens (including phenoxy) is 3. The molecule has 2 aliphatic heterocycles. The van der Waals surface area contributed by atoms with Crippen molar-refractivity contribution in [1.82, 2.24) is 14.7 Å². The average molecular weight is 475 g/mol. The number of carbonyl (C=O) groups excluding carboxylic acids is 2. The molecule has 181 valence electrons. The predicted molar refractivity (Wildman–Crippen MR) is 129 cm³/mol. The Labute approximate surface area is 204 Å². The van der Waals surface area contributed by atoms with Crippen LogP contribution in [0.15, 0.2) is 42.7 Å². The molecule has 1 spiro atoms. The summed E-state index contributed by atoms with van der Waals surface area (Å²) in [5, 5.41) is 4.25. The topological polar surface area (TPSA) is 82.9 Å². The van der Waals surface area contributed by atoms with Gasteiger partial charge in [0.2, 0.25) is 0 Å². The van der Waals surface area contributed by atoms with Crippen molar-refractivity contribution in [3.8, 4) is 28.4 Å². The lowest BCUT2D eigenvalue weighted by molar-refractivity contribution is -0.00573. The summed E-state index contributed by atoms with van der Waals surface area (Å²) in [5.74, 6) is 1.70. The van der Waals surface area contributed by atoms with Gasteiger partial charge in [-0.15, -0.1) is 0 Å². The van der Waals surface area contributed by atoms with Crippen LogP contribution in [-0.4, -0.2) is 58.8 Å². The van der Waals surface area contributed by atoms with Crippen molar-refractivity contribution < 1.29 is 23.8 Å². The molecule has 0 saturated carbocycles. The molecule has 1 saturated heterocycles. The molecule has 3 aromatic rings. The molecule has 8 heteroatoms. The van der Waals surface area contributed by atoms with Gasteiger partial charge in [0.1, 0.15) is 22.8 Å². The number of fused-ring (bicyclic) bond motifs is 1. The predicted octanol–water partition coefficient (Wildman–Crippen LogP) is 3.93. The van der Waals surface area contributed by atoms with Crippen molar-refractivity contribution in [2.45, 2.75) is 31.8 Å². The van der Waals surface area contributed by atoms with Gasteiger partial charge in [0.25, 0.3) is 5.91 Å². The lowest BCUT2D eigenvalue weighted by Gasteiger charge is -2.44. The Morgan fingerprint density at radius 2 is 2.03 bits per heavy atom. The molecule has 1 fully saturated rings. The number of methoxy groups -OCH3 is 1. The molecule has 2 aromatic carbocycles. The van der Waals surface area contributed by atoms with Crippen LogP contribution in [0.5, 0.6) is 17.2 Å². The van der Waals surface area contributed by atoms with Crippen LogP contribution in [0.4, 0.5) is 0 Å². The number of carbonyl (C=O) groups is 2. The normalized spacial score (nSPS) is 16.5. The van der Waals surface area contributed by atoms with E-state index in [4.69, 9.17) is 14.2 Å². The van der Waals surface area contributed by atoms with Crippen LogP contribution in [0.3, 0.4) is 0 Å². The summed E-state index contributed by atoms with van der Waals surface area (Å²) in [6.45, 7) is 3.35. The van der Waals surface area contributed by atoms with Gasteiger partial charge in [-0.3, -0.25) is 14.3 Å². The minimum absolute atomic E-state index is 0.0694. The van der Waals surface area contributed by atoms with Gasteiger partial charge in [-0.1, -0.05) is 6.07 Å². The van der Waals surface area contributed by atoms with E-state index in [1.165, 1.54) is 0 Å². The standard InChI is InChI=1S/C27H28N3O5/c1-4-34-24-14-18(13-23(33-3)25(24)19-16-28-29(2)17-19)26(32)30-11-9-27(10-12-30)15-21(31)20-7-5-6-8-22(20)35-27/h6-8,13-14,16-17H,4,9-12,15H2,1-3H3. The van der Waals surface area contributed by atoms with Crippen LogP contribution in [0.25, 0.3) is 11.1 Å². The van der Waals surface area contributed by atoms with Gasteiger partial charge in [-0.2, -0.15) is 5.10 Å². The van der Waals surface area contributed by atoms with E-state index in [0.717, 1.165) is 11.1 Å². The fraction of sp³-hybridized carbons (Fsp3) is 0.370. The second kappa shape index (κ2) is 9.09. The number of hydrogen-bond acceptors (Lipinski definition) is 6. The number of Topliss-reactive ketones (excluding diaryl/α,β-unsaturated/α-hetero) is 1. The van der Waals surface area contributed by atoms with E-state index in [0.29, 0.717) is 67.3 Å². The molecule has 8 nitrogen and oxygen atoms in total. The molecule has 2 aliphatic rings. The van der Waals surface area contributed by atoms with Crippen LogP contribution in [0.1, 0.15) is 46.9 Å². The zero-order chi connectivity index (χ0) is 24.6. The van der Waals surface area contributed by atoms with Crippen molar-refractivity contribution in [3.05, 3.63) is 59.9 Å². The summed E-state index contributed by atoms with van der Waals surface area (Å²) in [7, 11) is 3.43. The number of benzene rings is 2. The molecule has 3 heterocycles.